The number of hydrogen-bond donors (Lipinski definition) is 0. The quantitative estimate of drug-likeness (QED) is 0.134. The van der Waals surface area contributed by atoms with Crippen LogP contribution in [0, 0.1) is 34.6 Å². The lowest BCUT2D eigenvalue weighted by atomic mass is 9.88. The molecule has 0 spiro atoms. The summed E-state index contributed by atoms with van der Waals surface area (Å²) in [5.74, 6) is 0. The van der Waals surface area contributed by atoms with E-state index in [0.29, 0.717) is 0 Å². The largest absolute Gasteiger partial charge is 0.135 e. The van der Waals surface area contributed by atoms with Crippen LogP contribution in [0.25, 0.3) is 53.6 Å². The van der Waals surface area contributed by atoms with E-state index in [4.69, 9.17) is 0 Å². The zero-order chi connectivity index (χ0) is 46.2. The maximum Gasteiger partial charge on any atom is 0.0390 e. The molecule has 7 aromatic carbocycles. The van der Waals surface area contributed by atoms with Crippen molar-refractivity contribution >= 4 is 53.8 Å². The lowest BCUT2D eigenvalue weighted by Crippen LogP contribution is -1.95. The average Bonchev–Trinajstić information content (AvgIpc) is 3.69. The van der Waals surface area contributed by atoms with Gasteiger partial charge in [0.15, 0.2) is 0 Å². The van der Waals surface area contributed by atoms with Crippen molar-refractivity contribution in [1.29, 1.82) is 0 Å². The van der Waals surface area contributed by atoms with Gasteiger partial charge < -0.3 is 0 Å². The van der Waals surface area contributed by atoms with Crippen LogP contribution in [0.15, 0.2) is 213 Å². The second-order valence-corrected chi connectivity index (χ2v) is 17.4. The summed E-state index contributed by atoms with van der Waals surface area (Å²) >= 11 is 1.90. The second kappa shape index (κ2) is 23.6. The molecule has 0 aliphatic rings. The van der Waals surface area contributed by atoms with Gasteiger partial charge in [0.2, 0.25) is 0 Å². The van der Waals surface area contributed by atoms with Gasteiger partial charge in [0.05, 0.1) is 0 Å². The molecule has 1 heterocycles. The predicted molar refractivity (Wildman–Crippen MR) is 289 cm³/mol. The third kappa shape index (κ3) is 12.9. The van der Waals surface area contributed by atoms with E-state index in [1.54, 1.807) is 0 Å². The highest BCUT2D eigenvalue weighted by Crippen LogP contribution is 2.41. The van der Waals surface area contributed by atoms with Gasteiger partial charge in [0.25, 0.3) is 0 Å². The lowest BCUT2D eigenvalue weighted by molar-refractivity contribution is 1.34. The summed E-state index contributed by atoms with van der Waals surface area (Å²) in [5, 5.41) is 2.71. The molecule has 0 nitrogen and oxygen atoms in total. The van der Waals surface area contributed by atoms with Crippen molar-refractivity contribution in [2.75, 3.05) is 0 Å². The van der Waals surface area contributed by atoms with E-state index in [-0.39, 0.29) is 0 Å². The van der Waals surface area contributed by atoms with Gasteiger partial charge in [-0.25, -0.2) is 0 Å². The maximum atomic E-state index is 4.11. The summed E-state index contributed by atoms with van der Waals surface area (Å²) < 4.78 is 2.74. The molecule has 0 saturated heterocycles. The molecule has 0 aliphatic heterocycles. The molecule has 1 aromatic heterocycles. The van der Waals surface area contributed by atoms with Gasteiger partial charge in [-0.2, -0.15) is 0 Å². The maximum absolute atomic E-state index is 4.11. The van der Waals surface area contributed by atoms with E-state index in [9.17, 15) is 0 Å². The minimum Gasteiger partial charge on any atom is -0.135 e. The highest BCUT2D eigenvalue weighted by atomic mass is 32.1. The Labute approximate surface area is 388 Å². The normalized spacial score (nSPS) is 11.4. The molecule has 8 rings (SSSR count). The fourth-order valence-corrected chi connectivity index (χ4v) is 8.83. The van der Waals surface area contributed by atoms with E-state index in [0.717, 1.165) is 11.1 Å². The van der Waals surface area contributed by atoms with Crippen LogP contribution < -0.4 is 0 Å². The first-order valence-corrected chi connectivity index (χ1v) is 22.9. The van der Waals surface area contributed by atoms with Crippen molar-refractivity contribution in [2.24, 2.45) is 0 Å². The molecule has 0 N–H and O–H groups in total. The number of thiophene rings is 1. The molecule has 0 fully saturated rings. The average molecular weight is 853 g/mol. The molecule has 0 atom stereocenters. The first kappa shape index (κ1) is 48.2. The SMILES string of the molecule is C=C(/C=C(\C)c1ccccc1)c1ccccc1.C=C(C)c1ccc(C)cc1.C=C/C(=C(C)\C=C/C)c1cc(-c2ccc3c(sc4ccccc43)c2C)c(C)cc1C.Cc1ccccc1. The fourth-order valence-electron chi connectivity index (χ4n) is 7.62. The zero-order valence-corrected chi connectivity index (χ0v) is 40.2. The minimum atomic E-state index is 1.05. The first-order valence-electron chi connectivity index (χ1n) is 22.0. The Bertz CT molecular complexity index is 2910. The molecule has 8 aromatic rings. The van der Waals surface area contributed by atoms with Crippen LogP contribution >= 0.6 is 11.3 Å². The van der Waals surface area contributed by atoms with Crippen LogP contribution in [-0.2, 0) is 0 Å². The van der Waals surface area contributed by atoms with Crippen LogP contribution in [-0.4, -0.2) is 0 Å². The summed E-state index contributed by atoms with van der Waals surface area (Å²) in [5.41, 5.74) is 20.0. The van der Waals surface area contributed by atoms with Gasteiger partial charge in [-0.15, -0.1) is 11.3 Å². The van der Waals surface area contributed by atoms with Gasteiger partial charge in [-0.05, 0) is 147 Å². The van der Waals surface area contributed by atoms with E-state index in [1.807, 2.05) is 66.8 Å². The van der Waals surface area contributed by atoms with Gasteiger partial charge in [0, 0.05) is 20.2 Å². The first-order chi connectivity index (χ1) is 30.8. The van der Waals surface area contributed by atoms with Gasteiger partial charge >= 0.3 is 0 Å². The summed E-state index contributed by atoms with van der Waals surface area (Å²) in [6.07, 6.45) is 8.36. The number of hydrogen-bond acceptors (Lipinski definition) is 1. The third-order valence-electron chi connectivity index (χ3n) is 11.2. The smallest absolute Gasteiger partial charge is 0.0390 e. The molecule has 1 heteroatoms. The molecule has 0 amide bonds. The number of allylic oxidation sites excluding steroid dienone is 9. The monoisotopic (exact) mass is 852 g/mol. The summed E-state index contributed by atoms with van der Waals surface area (Å²) in [6, 6.07) is 57.2. The molecule has 0 unspecified atom stereocenters. The Kier molecular flexibility index (Phi) is 17.8. The van der Waals surface area contributed by atoms with Crippen molar-refractivity contribution in [3.8, 4) is 11.1 Å². The second-order valence-electron chi connectivity index (χ2n) is 16.4. The minimum absolute atomic E-state index is 1.05. The Morgan fingerprint density at radius 2 is 1.09 bits per heavy atom. The Hall–Kier alpha value is -6.80. The van der Waals surface area contributed by atoms with Crippen LogP contribution in [0.4, 0.5) is 0 Å². The van der Waals surface area contributed by atoms with E-state index < -0.39 is 0 Å². The highest BCUT2D eigenvalue weighted by Gasteiger charge is 2.15. The van der Waals surface area contributed by atoms with Gasteiger partial charge in [-0.3, -0.25) is 0 Å². The molecule has 0 bridgehead atoms. The topological polar surface area (TPSA) is 0 Å². The molecule has 64 heavy (non-hydrogen) atoms. The predicted octanol–water partition coefficient (Wildman–Crippen LogP) is 19.0. The van der Waals surface area contributed by atoms with Crippen molar-refractivity contribution in [3.05, 3.63) is 263 Å². The summed E-state index contributed by atoms with van der Waals surface area (Å²) in [4.78, 5) is 0. The molecule has 0 aliphatic carbocycles. The highest BCUT2D eigenvalue weighted by molar-refractivity contribution is 7.26. The summed E-state index contributed by atoms with van der Waals surface area (Å²) in [6.45, 7) is 31.3. The molecular formula is C63H64S. The van der Waals surface area contributed by atoms with Gasteiger partial charge in [0.1, 0.15) is 0 Å². The standard InChI is InChI=1S/C29H28S.C17H16.C10H12.C7H8/c1-7-11-18(3)22(8-2)26-17-27(20(5)16-19(26)4)23-14-15-25-24-12-9-10-13-28(24)30-29(25)21(23)6;1-14(16-9-5-3-6-10-16)13-15(2)17-11-7-4-8-12-17;1-8(2)10-6-4-9(3)5-7-10;1-7-5-3-2-4-6-7/h7-17H,2H2,1,3-6H3;3-13H,1H2,2H3;4-7H,1H2,2-3H3;2-6H,1H3/b11-7-,22-18+;15-13+;;. The van der Waals surface area contributed by atoms with Crippen LogP contribution in [0.2, 0.25) is 0 Å². The number of rotatable bonds is 8. The Morgan fingerprint density at radius 1 is 0.531 bits per heavy atom. The molecule has 0 saturated carbocycles. The van der Waals surface area contributed by atoms with E-state index in [2.05, 4.69) is 215 Å². The molecule has 322 valence electrons. The van der Waals surface area contributed by atoms with Crippen LogP contribution in [0.1, 0.15) is 77.8 Å². The Balaban J connectivity index is 0.000000188. The van der Waals surface area contributed by atoms with Crippen LogP contribution in [0.5, 0.6) is 0 Å². The number of fused-ring (bicyclic) bond motifs is 3. The van der Waals surface area contributed by atoms with E-state index in [1.165, 1.54) is 98.1 Å². The van der Waals surface area contributed by atoms with Crippen molar-refractivity contribution in [3.63, 3.8) is 0 Å². The summed E-state index contributed by atoms with van der Waals surface area (Å²) in [7, 11) is 0. The third-order valence-corrected chi connectivity index (χ3v) is 12.5. The van der Waals surface area contributed by atoms with Crippen molar-refractivity contribution in [1.82, 2.24) is 0 Å². The van der Waals surface area contributed by atoms with Gasteiger partial charge in [-0.1, -0.05) is 212 Å². The molecule has 0 radical (unpaired) electrons. The lowest BCUT2D eigenvalue weighted by Gasteiger charge is -2.17. The van der Waals surface area contributed by atoms with E-state index >= 15 is 0 Å². The van der Waals surface area contributed by atoms with Crippen molar-refractivity contribution < 1.29 is 0 Å². The Morgan fingerprint density at radius 3 is 1.66 bits per heavy atom. The number of benzene rings is 7. The zero-order valence-electron chi connectivity index (χ0n) is 39.4. The van der Waals surface area contributed by atoms with Crippen molar-refractivity contribution in [2.45, 2.75) is 62.3 Å². The number of aryl methyl sites for hydroxylation is 5. The molecular weight excluding hydrogens is 789 g/mol. The van der Waals surface area contributed by atoms with Crippen LogP contribution in [0.3, 0.4) is 0 Å². The fraction of sp³-hybridized carbons (Fsp3) is 0.143.